The Morgan fingerprint density at radius 2 is 1.60 bits per heavy atom. The summed E-state index contributed by atoms with van der Waals surface area (Å²) in [7, 11) is 0. The summed E-state index contributed by atoms with van der Waals surface area (Å²) >= 11 is 0. The average Bonchev–Trinajstić information content (AvgIpc) is 2.71. The molecule has 30 heavy (non-hydrogen) atoms. The van der Waals surface area contributed by atoms with Crippen LogP contribution in [0.1, 0.15) is 70.3 Å². The third-order valence-corrected chi connectivity index (χ3v) is 5.08. The summed E-state index contributed by atoms with van der Waals surface area (Å²) in [6.07, 6.45) is 0.685. The summed E-state index contributed by atoms with van der Waals surface area (Å²) in [4.78, 5) is 25.4. The molecule has 2 aromatic carbocycles. The number of para-hydroxylation sites is 1. The van der Waals surface area contributed by atoms with Crippen LogP contribution < -0.4 is 15.4 Å². The second-order valence-corrected chi connectivity index (χ2v) is 8.61. The maximum Gasteiger partial charge on any atom is 0.265 e. The molecule has 0 aliphatic carbocycles. The summed E-state index contributed by atoms with van der Waals surface area (Å²) in [5.74, 6) is 0.168. The van der Waals surface area contributed by atoms with Gasteiger partial charge in [-0.15, -0.1) is 0 Å². The van der Waals surface area contributed by atoms with Crippen molar-refractivity contribution in [3.63, 3.8) is 0 Å². The molecular formula is C25H34N2O3. The Kier molecular flexibility index (Phi) is 8.04. The molecule has 5 nitrogen and oxygen atoms in total. The van der Waals surface area contributed by atoms with Crippen molar-refractivity contribution < 1.29 is 14.3 Å². The lowest BCUT2D eigenvalue weighted by Crippen LogP contribution is -2.35. The van der Waals surface area contributed by atoms with Gasteiger partial charge >= 0.3 is 0 Å². The van der Waals surface area contributed by atoms with Crippen LogP contribution >= 0.6 is 0 Å². The number of benzene rings is 2. The van der Waals surface area contributed by atoms with Gasteiger partial charge in [0.05, 0.1) is 11.3 Å². The van der Waals surface area contributed by atoms with Crippen LogP contribution in [0.4, 0.5) is 5.69 Å². The summed E-state index contributed by atoms with van der Waals surface area (Å²) in [5, 5.41) is 5.80. The van der Waals surface area contributed by atoms with E-state index in [4.69, 9.17) is 4.74 Å². The van der Waals surface area contributed by atoms with Gasteiger partial charge in [0.25, 0.3) is 11.8 Å². The number of amides is 2. The van der Waals surface area contributed by atoms with E-state index in [1.807, 2.05) is 45.0 Å². The molecule has 0 saturated carbocycles. The highest BCUT2D eigenvalue weighted by atomic mass is 16.5. The van der Waals surface area contributed by atoms with Crippen LogP contribution in [-0.4, -0.2) is 24.0 Å². The minimum Gasteiger partial charge on any atom is -0.481 e. The fraction of sp³-hybridized carbons (Fsp3) is 0.440. The molecule has 0 aromatic heterocycles. The normalized spacial score (nSPS) is 13.3. The lowest BCUT2D eigenvalue weighted by molar-refractivity contribution is -0.122. The van der Waals surface area contributed by atoms with Crippen molar-refractivity contribution >= 4 is 17.5 Å². The van der Waals surface area contributed by atoms with Crippen molar-refractivity contribution in [3.8, 4) is 5.75 Å². The molecule has 0 saturated heterocycles. The molecule has 2 N–H and O–H groups in total. The van der Waals surface area contributed by atoms with Gasteiger partial charge in [0.15, 0.2) is 6.10 Å². The third-order valence-electron chi connectivity index (χ3n) is 5.08. The van der Waals surface area contributed by atoms with Gasteiger partial charge in [-0.25, -0.2) is 0 Å². The van der Waals surface area contributed by atoms with Crippen LogP contribution in [-0.2, 0) is 10.2 Å². The SMILES string of the molecule is CCC(C)NC(=O)c1ccccc1NC(=O)C(CC)Oc1ccc(C(C)(C)C)cc1. The van der Waals surface area contributed by atoms with Gasteiger partial charge in [0.2, 0.25) is 0 Å². The van der Waals surface area contributed by atoms with Crippen LogP contribution in [0.15, 0.2) is 48.5 Å². The molecular weight excluding hydrogens is 376 g/mol. The van der Waals surface area contributed by atoms with Gasteiger partial charge in [0, 0.05) is 6.04 Å². The molecule has 0 fully saturated rings. The summed E-state index contributed by atoms with van der Waals surface area (Å²) in [5.41, 5.74) is 2.18. The maximum absolute atomic E-state index is 12.9. The molecule has 5 heteroatoms. The first kappa shape index (κ1) is 23.5. The molecule has 0 heterocycles. The maximum atomic E-state index is 12.9. The van der Waals surface area contributed by atoms with E-state index in [9.17, 15) is 9.59 Å². The zero-order valence-corrected chi connectivity index (χ0v) is 18.9. The van der Waals surface area contributed by atoms with Crippen LogP contribution in [0.5, 0.6) is 5.75 Å². The lowest BCUT2D eigenvalue weighted by atomic mass is 9.87. The smallest absolute Gasteiger partial charge is 0.265 e. The van der Waals surface area contributed by atoms with E-state index in [2.05, 4.69) is 31.4 Å². The molecule has 2 atom stereocenters. The largest absolute Gasteiger partial charge is 0.481 e. The Morgan fingerprint density at radius 1 is 0.967 bits per heavy atom. The molecule has 0 aliphatic rings. The number of rotatable bonds is 8. The Hall–Kier alpha value is -2.82. The Bertz CT molecular complexity index is 853. The van der Waals surface area contributed by atoms with Crippen molar-refractivity contribution in [2.45, 2.75) is 71.9 Å². The molecule has 0 radical (unpaired) electrons. The quantitative estimate of drug-likeness (QED) is 0.620. The number of hydrogen-bond acceptors (Lipinski definition) is 3. The monoisotopic (exact) mass is 410 g/mol. The second-order valence-electron chi connectivity index (χ2n) is 8.61. The Labute approximate surface area is 180 Å². The molecule has 0 bridgehead atoms. The first-order valence-electron chi connectivity index (χ1n) is 10.6. The standard InChI is InChI=1S/C25H34N2O3/c1-7-17(3)26-23(28)20-11-9-10-12-21(20)27-24(29)22(8-2)30-19-15-13-18(14-16-19)25(4,5)6/h9-17,22H,7-8H2,1-6H3,(H,26,28)(H,27,29). The first-order valence-corrected chi connectivity index (χ1v) is 10.6. The Morgan fingerprint density at radius 3 is 2.17 bits per heavy atom. The molecule has 2 unspecified atom stereocenters. The van der Waals surface area contributed by atoms with Crippen molar-refractivity contribution in [1.82, 2.24) is 5.32 Å². The number of ether oxygens (including phenoxy) is 1. The van der Waals surface area contributed by atoms with Gasteiger partial charge < -0.3 is 15.4 Å². The molecule has 2 rings (SSSR count). The van der Waals surface area contributed by atoms with E-state index in [-0.39, 0.29) is 23.3 Å². The molecule has 2 amide bonds. The fourth-order valence-corrected chi connectivity index (χ4v) is 2.93. The Balaban J connectivity index is 2.11. The van der Waals surface area contributed by atoms with E-state index in [0.29, 0.717) is 23.4 Å². The highest BCUT2D eigenvalue weighted by molar-refractivity contribution is 6.04. The van der Waals surface area contributed by atoms with Gasteiger partial charge in [-0.2, -0.15) is 0 Å². The first-order chi connectivity index (χ1) is 14.2. The predicted molar refractivity (Wildman–Crippen MR) is 122 cm³/mol. The van der Waals surface area contributed by atoms with E-state index in [0.717, 1.165) is 6.42 Å². The van der Waals surface area contributed by atoms with Gasteiger partial charge in [0.1, 0.15) is 5.75 Å². The van der Waals surface area contributed by atoms with Crippen molar-refractivity contribution in [2.75, 3.05) is 5.32 Å². The zero-order chi connectivity index (χ0) is 22.3. The van der Waals surface area contributed by atoms with E-state index < -0.39 is 6.10 Å². The number of hydrogen-bond donors (Lipinski definition) is 2. The van der Waals surface area contributed by atoms with Crippen LogP contribution in [0.2, 0.25) is 0 Å². The number of nitrogens with one attached hydrogen (secondary N) is 2. The number of carbonyl (C=O) groups excluding carboxylic acids is 2. The molecule has 0 spiro atoms. The van der Waals surface area contributed by atoms with Crippen LogP contribution in [0.25, 0.3) is 0 Å². The van der Waals surface area contributed by atoms with Crippen LogP contribution in [0, 0.1) is 0 Å². The number of anilines is 1. The second kappa shape index (κ2) is 10.3. The molecule has 0 aliphatic heterocycles. The van der Waals surface area contributed by atoms with Gasteiger partial charge in [-0.05, 0) is 55.0 Å². The summed E-state index contributed by atoms with van der Waals surface area (Å²) < 4.78 is 5.94. The minimum absolute atomic E-state index is 0.0552. The van der Waals surface area contributed by atoms with E-state index in [1.54, 1.807) is 24.3 Å². The van der Waals surface area contributed by atoms with E-state index >= 15 is 0 Å². The average molecular weight is 411 g/mol. The fourth-order valence-electron chi connectivity index (χ4n) is 2.93. The van der Waals surface area contributed by atoms with Crippen molar-refractivity contribution in [2.24, 2.45) is 0 Å². The highest BCUT2D eigenvalue weighted by Gasteiger charge is 2.22. The minimum atomic E-state index is -0.656. The predicted octanol–water partition coefficient (Wildman–Crippen LogP) is 5.31. The van der Waals surface area contributed by atoms with Gasteiger partial charge in [-0.3, -0.25) is 9.59 Å². The third kappa shape index (κ3) is 6.34. The number of carbonyl (C=O) groups is 2. The molecule has 162 valence electrons. The molecule has 2 aromatic rings. The summed E-state index contributed by atoms with van der Waals surface area (Å²) in [6.45, 7) is 12.3. The van der Waals surface area contributed by atoms with Crippen molar-refractivity contribution in [1.29, 1.82) is 0 Å². The van der Waals surface area contributed by atoms with Gasteiger partial charge in [-0.1, -0.05) is 58.9 Å². The topological polar surface area (TPSA) is 67.4 Å². The highest BCUT2D eigenvalue weighted by Crippen LogP contribution is 2.25. The lowest BCUT2D eigenvalue weighted by Gasteiger charge is -2.21. The van der Waals surface area contributed by atoms with Crippen molar-refractivity contribution in [3.05, 3.63) is 59.7 Å². The van der Waals surface area contributed by atoms with Crippen LogP contribution in [0.3, 0.4) is 0 Å². The summed E-state index contributed by atoms with van der Waals surface area (Å²) in [6, 6.07) is 14.9. The zero-order valence-electron chi connectivity index (χ0n) is 18.9. The van der Waals surface area contributed by atoms with E-state index in [1.165, 1.54) is 5.56 Å².